The van der Waals surface area contributed by atoms with E-state index in [1.165, 1.54) is 25.4 Å². The van der Waals surface area contributed by atoms with Crippen LogP contribution < -0.4 is 10.1 Å². The van der Waals surface area contributed by atoms with Gasteiger partial charge in [-0.2, -0.15) is 0 Å². The van der Waals surface area contributed by atoms with Gasteiger partial charge in [0.2, 0.25) is 5.88 Å². The van der Waals surface area contributed by atoms with Gasteiger partial charge in [0.05, 0.1) is 6.20 Å². The molecule has 2 aromatic heterocycles. The topological polar surface area (TPSA) is 90.4 Å². The average molecular weight is 412 g/mol. The summed E-state index contributed by atoms with van der Waals surface area (Å²) in [7, 11) is 0. The van der Waals surface area contributed by atoms with Crippen LogP contribution in [0.15, 0.2) is 67.1 Å². The van der Waals surface area contributed by atoms with E-state index in [9.17, 15) is 9.59 Å². The number of esters is 1. The van der Waals surface area contributed by atoms with Crippen molar-refractivity contribution in [2.45, 2.75) is 19.6 Å². The van der Waals surface area contributed by atoms with Crippen molar-refractivity contribution in [1.82, 2.24) is 15.3 Å². The molecule has 0 fully saturated rings. The molecule has 0 spiro atoms. The Hall–Kier alpha value is -3.45. The van der Waals surface area contributed by atoms with Crippen molar-refractivity contribution in [1.29, 1.82) is 0 Å². The predicted octanol–water partition coefficient (Wildman–Crippen LogP) is 3.78. The highest BCUT2D eigenvalue weighted by Gasteiger charge is 2.22. The van der Waals surface area contributed by atoms with Crippen molar-refractivity contribution in [2.24, 2.45) is 0 Å². The lowest BCUT2D eigenvalue weighted by Gasteiger charge is -2.15. The van der Waals surface area contributed by atoms with Gasteiger partial charge in [0.25, 0.3) is 5.91 Å². The smallest absolute Gasteiger partial charge is 0.344 e. The molecule has 7 nitrogen and oxygen atoms in total. The standard InChI is InChI=1S/C21H18ClN3O4/c1-14(19(26)25-12-15-6-2-3-9-18(15)22)28-21(27)17-8-5-11-24-20(17)29-16-7-4-10-23-13-16/h2-11,13-14H,12H2,1H3,(H,25,26). The minimum atomic E-state index is -1.02. The van der Waals surface area contributed by atoms with Gasteiger partial charge in [0.1, 0.15) is 11.3 Å². The molecule has 0 radical (unpaired) electrons. The number of carbonyl (C=O) groups is 2. The second kappa shape index (κ2) is 9.66. The van der Waals surface area contributed by atoms with Crippen molar-refractivity contribution in [3.8, 4) is 11.6 Å². The summed E-state index contributed by atoms with van der Waals surface area (Å²) >= 11 is 6.07. The molecule has 0 saturated heterocycles. The Labute approximate surface area is 172 Å². The maximum absolute atomic E-state index is 12.5. The first-order valence-corrected chi connectivity index (χ1v) is 9.17. The van der Waals surface area contributed by atoms with Gasteiger partial charge in [-0.3, -0.25) is 9.78 Å². The van der Waals surface area contributed by atoms with Gasteiger partial charge >= 0.3 is 5.97 Å². The highest BCUT2D eigenvalue weighted by atomic mass is 35.5. The summed E-state index contributed by atoms with van der Waals surface area (Å²) in [6.07, 6.45) is 3.57. The molecule has 0 bridgehead atoms. The number of hydrogen-bond donors (Lipinski definition) is 1. The van der Waals surface area contributed by atoms with Gasteiger partial charge in [-0.25, -0.2) is 9.78 Å². The Morgan fingerprint density at radius 2 is 1.90 bits per heavy atom. The molecule has 0 saturated carbocycles. The number of rotatable bonds is 7. The monoisotopic (exact) mass is 411 g/mol. The lowest BCUT2D eigenvalue weighted by atomic mass is 10.2. The summed E-state index contributed by atoms with van der Waals surface area (Å²) in [5.41, 5.74) is 0.863. The Bertz CT molecular complexity index is 998. The zero-order valence-corrected chi connectivity index (χ0v) is 16.3. The third kappa shape index (κ3) is 5.52. The molecular weight excluding hydrogens is 394 g/mol. The molecule has 29 heavy (non-hydrogen) atoms. The molecule has 0 aliphatic heterocycles. The summed E-state index contributed by atoms with van der Waals surface area (Å²) in [5.74, 6) is -0.686. The van der Waals surface area contributed by atoms with Crippen molar-refractivity contribution in [3.63, 3.8) is 0 Å². The molecule has 0 aliphatic carbocycles. The lowest BCUT2D eigenvalue weighted by molar-refractivity contribution is -0.129. The van der Waals surface area contributed by atoms with Gasteiger partial charge < -0.3 is 14.8 Å². The quantitative estimate of drug-likeness (QED) is 0.595. The molecule has 1 unspecified atom stereocenters. The molecular formula is C21H18ClN3O4. The molecule has 1 amide bonds. The number of benzene rings is 1. The summed E-state index contributed by atoms with van der Waals surface area (Å²) < 4.78 is 10.9. The molecule has 1 atom stereocenters. The van der Waals surface area contributed by atoms with Crippen LogP contribution in [0.1, 0.15) is 22.8 Å². The fourth-order valence-corrected chi connectivity index (χ4v) is 2.59. The molecule has 3 rings (SSSR count). The van der Waals surface area contributed by atoms with Crippen LogP contribution >= 0.6 is 11.6 Å². The summed E-state index contributed by atoms with van der Waals surface area (Å²) in [6, 6.07) is 13.6. The first-order chi connectivity index (χ1) is 14.0. The first-order valence-electron chi connectivity index (χ1n) is 8.79. The highest BCUT2D eigenvalue weighted by Crippen LogP contribution is 2.23. The van der Waals surface area contributed by atoms with Gasteiger partial charge in [-0.05, 0) is 42.8 Å². The molecule has 1 aromatic carbocycles. The number of carbonyl (C=O) groups excluding carboxylic acids is 2. The lowest BCUT2D eigenvalue weighted by Crippen LogP contribution is -2.35. The number of halogens is 1. The predicted molar refractivity (Wildman–Crippen MR) is 107 cm³/mol. The summed E-state index contributed by atoms with van der Waals surface area (Å²) in [5, 5.41) is 3.24. The third-order valence-electron chi connectivity index (χ3n) is 3.90. The molecule has 2 heterocycles. The van der Waals surface area contributed by atoms with E-state index in [2.05, 4.69) is 15.3 Å². The van der Waals surface area contributed by atoms with E-state index in [0.29, 0.717) is 10.8 Å². The number of pyridine rings is 2. The molecule has 3 aromatic rings. The molecule has 1 N–H and O–H groups in total. The maximum Gasteiger partial charge on any atom is 0.344 e. The SMILES string of the molecule is CC(OC(=O)c1cccnc1Oc1cccnc1)C(=O)NCc1ccccc1Cl. The van der Waals surface area contributed by atoms with Crippen molar-refractivity contribution in [3.05, 3.63) is 83.3 Å². The average Bonchev–Trinajstić information content (AvgIpc) is 2.74. The third-order valence-corrected chi connectivity index (χ3v) is 4.27. The second-order valence-corrected chi connectivity index (χ2v) is 6.41. The van der Waals surface area contributed by atoms with E-state index in [1.807, 2.05) is 6.07 Å². The van der Waals surface area contributed by atoms with E-state index < -0.39 is 18.0 Å². The van der Waals surface area contributed by atoms with Crippen LogP contribution in [0.4, 0.5) is 0 Å². The second-order valence-electron chi connectivity index (χ2n) is 6.00. The zero-order valence-electron chi connectivity index (χ0n) is 15.5. The fraction of sp³-hybridized carbons (Fsp3) is 0.143. The van der Waals surface area contributed by atoms with Crippen LogP contribution in [-0.4, -0.2) is 27.9 Å². The van der Waals surface area contributed by atoms with Crippen LogP contribution in [0, 0.1) is 0 Å². The van der Waals surface area contributed by atoms with Gasteiger partial charge in [0.15, 0.2) is 6.10 Å². The molecule has 0 aliphatic rings. The van der Waals surface area contributed by atoms with Crippen LogP contribution in [0.2, 0.25) is 5.02 Å². The maximum atomic E-state index is 12.5. The van der Waals surface area contributed by atoms with E-state index >= 15 is 0 Å². The number of nitrogens with one attached hydrogen (secondary N) is 1. The minimum absolute atomic E-state index is 0.0641. The largest absolute Gasteiger partial charge is 0.449 e. The highest BCUT2D eigenvalue weighted by molar-refractivity contribution is 6.31. The molecule has 148 valence electrons. The first kappa shape index (κ1) is 20.3. The summed E-state index contributed by atoms with van der Waals surface area (Å²) in [6.45, 7) is 1.71. The Morgan fingerprint density at radius 1 is 1.10 bits per heavy atom. The van der Waals surface area contributed by atoms with Crippen molar-refractivity contribution in [2.75, 3.05) is 0 Å². The van der Waals surface area contributed by atoms with Crippen LogP contribution in [0.5, 0.6) is 11.6 Å². The van der Waals surface area contributed by atoms with E-state index in [4.69, 9.17) is 21.1 Å². The van der Waals surface area contributed by atoms with Crippen LogP contribution in [0.3, 0.4) is 0 Å². The molecule has 8 heteroatoms. The van der Waals surface area contributed by atoms with Gasteiger partial charge in [-0.1, -0.05) is 29.8 Å². The van der Waals surface area contributed by atoms with Gasteiger partial charge in [-0.15, -0.1) is 0 Å². The summed E-state index contributed by atoms with van der Waals surface area (Å²) in [4.78, 5) is 32.8. The Balaban J connectivity index is 1.62. The number of amides is 1. The normalized spacial score (nSPS) is 11.4. The number of ether oxygens (including phenoxy) is 2. The van der Waals surface area contributed by atoms with Crippen molar-refractivity contribution < 1.29 is 19.1 Å². The fourth-order valence-electron chi connectivity index (χ4n) is 2.39. The number of nitrogens with zero attached hydrogens (tertiary/aromatic N) is 2. The van der Waals surface area contributed by atoms with Crippen LogP contribution in [-0.2, 0) is 16.1 Å². The zero-order chi connectivity index (χ0) is 20.6. The van der Waals surface area contributed by atoms with Gasteiger partial charge in [0, 0.05) is 24.0 Å². The minimum Gasteiger partial charge on any atom is -0.449 e. The number of aromatic nitrogens is 2. The Morgan fingerprint density at radius 3 is 2.66 bits per heavy atom. The van der Waals surface area contributed by atoms with E-state index in [0.717, 1.165) is 5.56 Å². The van der Waals surface area contributed by atoms with E-state index in [-0.39, 0.29) is 18.0 Å². The van der Waals surface area contributed by atoms with E-state index in [1.54, 1.807) is 42.6 Å². The number of hydrogen-bond acceptors (Lipinski definition) is 6. The van der Waals surface area contributed by atoms with Crippen molar-refractivity contribution >= 4 is 23.5 Å². The van der Waals surface area contributed by atoms with Crippen LogP contribution in [0.25, 0.3) is 0 Å². The Kier molecular flexibility index (Phi) is 6.76.